The minimum atomic E-state index is 0.503. The molecule has 0 atom stereocenters. The number of hydrogen-bond donors (Lipinski definition) is 1. The van der Waals surface area contributed by atoms with Gasteiger partial charge in [-0.3, -0.25) is 0 Å². The van der Waals surface area contributed by atoms with Crippen molar-refractivity contribution in [2.45, 2.75) is 19.0 Å². The second-order valence-corrected chi connectivity index (χ2v) is 8.33. The second-order valence-electron chi connectivity index (χ2n) is 6.52. The molecule has 4 aromatic rings. The van der Waals surface area contributed by atoms with Gasteiger partial charge in [0, 0.05) is 11.4 Å². The predicted octanol–water partition coefficient (Wildman–Crippen LogP) is 6.93. The summed E-state index contributed by atoms with van der Waals surface area (Å²) in [5, 5.41) is 11.4. The van der Waals surface area contributed by atoms with Gasteiger partial charge < -0.3 is 9.55 Å². The van der Waals surface area contributed by atoms with E-state index in [9.17, 15) is 5.26 Å². The smallest absolute Gasteiger partial charge is 0.171 e. The van der Waals surface area contributed by atoms with Gasteiger partial charge in [0.15, 0.2) is 5.16 Å². The Labute approximate surface area is 182 Å². The average Bonchev–Trinajstić information content (AvgIpc) is 3.23. The zero-order chi connectivity index (χ0) is 20.5. The zero-order valence-corrected chi connectivity index (χ0v) is 18.0. The van der Waals surface area contributed by atoms with Crippen LogP contribution in [0.25, 0.3) is 22.8 Å². The molecule has 4 rings (SSSR count). The van der Waals surface area contributed by atoms with Crippen molar-refractivity contribution in [1.82, 2.24) is 14.5 Å². The highest BCUT2D eigenvalue weighted by Crippen LogP contribution is 2.33. The van der Waals surface area contributed by atoms with Crippen molar-refractivity contribution in [2.24, 2.45) is 0 Å². The zero-order valence-electron chi connectivity index (χ0n) is 15.7. The fourth-order valence-electron chi connectivity index (χ4n) is 3.28. The number of allylic oxidation sites excluding steroid dienone is 1. The number of imidazole rings is 1. The van der Waals surface area contributed by atoms with Gasteiger partial charge in [-0.05, 0) is 67.6 Å². The van der Waals surface area contributed by atoms with Crippen molar-refractivity contribution in [3.05, 3.63) is 80.4 Å². The fourth-order valence-corrected chi connectivity index (χ4v) is 4.40. The normalized spacial score (nSPS) is 11.8. The maximum absolute atomic E-state index is 9.66. The molecule has 2 aromatic carbocycles. The number of hydrogen-bond acceptors (Lipinski definition) is 3. The van der Waals surface area contributed by atoms with E-state index in [1.165, 1.54) is 11.8 Å². The highest BCUT2D eigenvalue weighted by molar-refractivity contribution is 8.03. The third-order valence-electron chi connectivity index (χ3n) is 4.61. The third kappa shape index (κ3) is 3.79. The third-order valence-corrected chi connectivity index (χ3v) is 6.24. The summed E-state index contributed by atoms with van der Waals surface area (Å²) in [6.07, 6.45) is 1.87. The number of para-hydroxylation sites is 2. The number of nitrogens with zero attached hydrogens (tertiary/aromatic N) is 3. The largest absolute Gasteiger partial charge is 0.333 e. The number of nitriles is 1. The summed E-state index contributed by atoms with van der Waals surface area (Å²) in [5.74, 6) is 0. The Morgan fingerprint density at radius 2 is 1.97 bits per heavy atom. The molecule has 0 aliphatic rings. The molecule has 4 nitrogen and oxygen atoms in total. The monoisotopic (exact) mass is 438 g/mol. The topological polar surface area (TPSA) is 57.4 Å². The molecule has 2 aromatic heterocycles. The van der Waals surface area contributed by atoms with Crippen LogP contribution in [-0.4, -0.2) is 14.5 Å². The first-order valence-corrected chi connectivity index (χ1v) is 10.4. The molecule has 29 heavy (non-hydrogen) atoms. The van der Waals surface area contributed by atoms with Crippen LogP contribution in [0.2, 0.25) is 10.0 Å². The predicted molar refractivity (Wildman–Crippen MR) is 121 cm³/mol. The summed E-state index contributed by atoms with van der Waals surface area (Å²) < 4.78 is 2.04. The molecule has 0 saturated heterocycles. The first-order valence-electron chi connectivity index (χ1n) is 8.85. The molecular weight excluding hydrogens is 423 g/mol. The van der Waals surface area contributed by atoms with Crippen LogP contribution in [0.15, 0.2) is 58.6 Å². The SMILES string of the molecule is Cc1cc(/C=C(\C#N)Sc2nc3ccccc3[nH]2)c(C)n1-c1cccc(Cl)c1Cl. The number of benzene rings is 2. The van der Waals surface area contributed by atoms with Gasteiger partial charge in [0.25, 0.3) is 0 Å². The lowest BCUT2D eigenvalue weighted by Gasteiger charge is -2.12. The number of halogens is 2. The van der Waals surface area contributed by atoms with E-state index < -0.39 is 0 Å². The van der Waals surface area contributed by atoms with Gasteiger partial charge in [0.05, 0.1) is 31.7 Å². The Hall–Kier alpha value is -2.65. The minimum absolute atomic E-state index is 0.503. The van der Waals surface area contributed by atoms with Crippen molar-refractivity contribution < 1.29 is 0 Å². The fraction of sp³-hybridized carbons (Fsp3) is 0.0909. The Bertz CT molecular complexity index is 1260. The summed E-state index contributed by atoms with van der Waals surface area (Å²) in [6.45, 7) is 4.00. The average molecular weight is 439 g/mol. The number of fused-ring (bicyclic) bond motifs is 1. The van der Waals surface area contributed by atoms with Crippen molar-refractivity contribution in [3.8, 4) is 11.8 Å². The van der Waals surface area contributed by atoms with Crippen LogP contribution >= 0.6 is 35.0 Å². The number of aromatic nitrogens is 3. The van der Waals surface area contributed by atoms with E-state index in [2.05, 4.69) is 16.0 Å². The van der Waals surface area contributed by atoms with Crippen molar-refractivity contribution in [1.29, 1.82) is 5.26 Å². The van der Waals surface area contributed by atoms with E-state index in [-0.39, 0.29) is 0 Å². The van der Waals surface area contributed by atoms with Crippen LogP contribution in [-0.2, 0) is 0 Å². The van der Waals surface area contributed by atoms with E-state index in [0.29, 0.717) is 20.1 Å². The number of aromatic amines is 1. The van der Waals surface area contributed by atoms with Gasteiger partial charge in [0.2, 0.25) is 0 Å². The Morgan fingerprint density at radius 3 is 2.72 bits per heavy atom. The number of aryl methyl sites for hydroxylation is 1. The molecule has 0 spiro atoms. The van der Waals surface area contributed by atoms with Crippen molar-refractivity contribution in [3.63, 3.8) is 0 Å². The molecule has 0 radical (unpaired) electrons. The van der Waals surface area contributed by atoms with Crippen LogP contribution in [0.1, 0.15) is 17.0 Å². The molecule has 7 heteroatoms. The van der Waals surface area contributed by atoms with Gasteiger partial charge in [-0.2, -0.15) is 5.26 Å². The maximum atomic E-state index is 9.66. The van der Waals surface area contributed by atoms with Crippen LogP contribution in [0, 0.1) is 25.2 Å². The summed E-state index contributed by atoms with van der Waals surface area (Å²) in [4.78, 5) is 8.32. The lowest BCUT2D eigenvalue weighted by atomic mass is 10.2. The van der Waals surface area contributed by atoms with E-state index in [0.717, 1.165) is 33.7 Å². The highest BCUT2D eigenvalue weighted by Gasteiger charge is 2.15. The molecule has 0 aliphatic carbocycles. The van der Waals surface area contributed by atoms with Crippen LogP contribution < -0.4 is 0 Å². The minimum Gasteiger partial charge on any atom is -0.333 e. The summed E-state index contributed by atoms with van der Waals surface area (Å²) >= 11 is 13.9. The molecule has 0 saturated carbocycles. The van der Waals surface area contributed by atoms with E-state index in [4.69, 9.17) is 23.2 Å². The standard InChI is InChI=1S/C22H16Cl2N4S/c1-13-10-15(14(2)28(13)20-9-5-6-17(23)21(20)24)11-16(12-25)29-22-26-18-7-3-4-8-19(18)27-22/h3-11H,1-2H3,(H,26,27)/b16-11+. The van der Waals surface area contributed by atoms with Gasteiger partial charge >= 0.3 is 0 Å². The quantitative estimate of drug-likeness (QED) is 0.277. The number of thioether (sulfide) groups is 1. The Morgan fingerprint density at radius 1 is 1.17 bits per heavy atom. The molecular formula is C22H16Cl2N4S. The van der Waals surface area contributed by atoms with E-state index >= 15 is 0 Å². The van der Waals surface area contributed by atoms with Crippen molar-refractivity contribution >= 4 is 52.1 Å². The second kappa shape index (κ2) is 8.00. The van der Waals surface area contributed by atoms with Gasteiger partial charge in [-0.25, -0.2) is 4.98 Å². The lowest BCUT2D eigenvalue weighted by molar-refractivity contribution is 0.965. The van der Waals surface area contributed by atoms with E-state index in [1.807, 2.05) is 67.0 Å². The molecule has 2 heterocycles. The van der Waals surface area contributed by atoms with Crippen LogP contribution in [0.3, 0.4) is 0 Å². The molecule has 0 bridgehead atoms. The summed E-state index contributed by atoms with van der Waals surface area (Å²) in [7, 11) is 0. The first kappa shape index (κ1) is 19.7. The molecule has 0 amide bonds. The summed E-state index contributed by atoms with van der Waals surface area (Å²) in [5.41, 5.74) is 5.56. The summed E-state index contributed by atoms with van der Waals surface area (Å²) in [6, 6.07) is 17.7. The van der Waals surface area contributed by atoms with Gasteiger partial charge in [-0.1, -0.05) is 41.4 Å². The van der Waals surface area contributed by atoms with Crippen LogP contribution in [0.5, 0.6) is 0 Å². The Balaban J connectivity index is 1.71. The highest BCUT2D eigenvalue weighted by atomic mass is 35.5. The van der Waals surface area contributed by atoms with Crippen molar-refractivity contribution in [2.75, 3.05) is 0 Å². The number of rotatable bonds is 4. The molecule has 0 aliphatic heterocycles. The number of nitrogens with one attached hydrogen (secondary N) is 1. The Kier molecular flexibility index (Phi) is 5.42. The van der Waals surface area contributed by atoms with Gasteiger partial charge in [-0.15, -0.1) is 0 Å². The molecule has 1 N–H and O–H groups in total. The van der Waals surface area contributed by atoms with Gasteiger partial charge in [0.1, 0.15) is 6.07 Å². The van der Waals surface area contributed by atoms with Crippen LogP contribution in [0.4, 0.5) is 0 Å². The molecule has 144 valence electrons. The first-order chi connectivity index (χ1) is 14.0. The molecule has 0 unspecified atom stereocenters. The lowest BCUT2D eigenvalue weighted by Crippen LogP contribution is -2.00. The number of H-pyrrole nitrogens is 1. The molecule has 0 fully saturated rings. The maximum Gasteiger partial charge on any atom is 0.171 e. The van der Waals surface area contributed by atoms with E-state index in [1.54, 1.807) is 6.07 Å².